The van der Waals surface area contributed by atoms with Gasteiger partial charge in [0.15, 0.2) is 0 Å². The lowest BCUT2D eigenvalue weighted by Gasteiger charge is -2.30. The highest BCUT2D eigenvalue weighted by molar-refractivity contribution is 5.89. The van der Waals surface area contributed by atoms with Crippen molar-refractivity contribution in [3.05, 3.63) is 71.8 Å². The standard InChI is InChI=1S/C18H20O2/c1-18(2,3)16(14-10-6-4-7-11-14)20-17(19)15-12-8-5-9-13-15/h4-13,16H,1-3H3/t16-/m0/s1. The molecule has 0 aromatic heterocycles. The molecular weight excluding hydrogens is 248 g/mol. The number of hydrogen-bond donors (Lipinski definition) is 0. The average Bonchev–Trinajstić information content (AvgIpc) is 2.45. The molecule has 0 heterocycles. The molecule has 2 aromatic rings. The van der Waals surface area contributed by atoms with Gasteiger partial charge in [-0.1, -0.05) is 69.3 Å². The fourth-order valence-electron chi connectivity index (χ4n) is 2.12. The van der Waals surface area contributed by atoms with E-state index in [2.05, 4.69) is 20.8 Å². The van der Waals surface area contributed by atoms with Crippen molar-refractivity contribution in [2.75, 3.05) is 0 Å². The molecule has 0 aliphatic carbocycles. The maximum atomic E-state index is 12.3. The second-order valence-electron chi connectivity index (χ2n) is 5.93. The second-order valence-corrected chi connectivity index (χ2v) is 5.93. The van der Waals surface area contributed by atoms with Gasteiger partial charge in [0, 0.05) is 5.41 Å². The van der Waals surface area contributed by atoms with Crippen molar-refractivity contribution in [2.45, 2.75) is 26.9 Å². The van der Waals surface area contributed by atoms with E-state index in [4.69, 9.17) is 4.74 Å². The zero-order chi connectivity index (χ0) is 14.6. The summed E-state index contributed by atoms with van der Waals surface area (Å²) in [4.78, 5) is 12.3. The van der Waals surface area contributed by atoms with E-state index in [1.165, 1.54) is 0 Å². The molecule has 1 atom stereocenters. The van der Waals surface area contributed by atoms with E-state index in [-0.39, 0.29) is 17.5 Å². The Kier molecular flexibility index (Phi) is 4.23. The molecule has 0 saturated carbocycles. The molecule has 0 unspecified atom stereocenters. The van der Waals surface area contributed by atoms with Crippen LogP contribution in [0.2, 0.25) is 0 Å². The zero-order valence-corrected chi connectivity index (χ0v) is 12.2. The summed E-state index contributed by atoms with van der Waals surface area (Å²) in [5.74, 6) is -0.283. The summed E-state index contributed by atoms with van der Waals surface area (Å²) in [6.45, 7) is 6.22. The van der Waals surface area contributed by atoms with Crippen LogP contribution in [0.1, 0.15) is 42.8 Å². The summed E-state index contributed by atoms with van der Waals surface area (Å²) in [5, 5.41) is 0. The molecule has 2 heteroatoms. The quantitative estimate of drug-likeness (QED) is 0.758. The number of benzene rings is 2. The van der Waals surface area contributed by atoms with Gasteiger partial charge in [-0.15, -0.1) is 0 Å². The number of esters is 1. The van der Waals surface area contributed by atoms with E-state index in [1.807, 2.05) is 48.5 Å². The second kappa shape index (κ2) is 5.91. The van der Waals surface area contributed by atoms with Crippen LogP contribution in [0.4, 0.5) is 0 Å². The van der Waals surface area contributed by atoms with Gasteiger partial charge >= 0.3 is 5.97 Å². The first-order valence-electron chi connectivity index (χ1n) is 6.79. The van der Waals surface area contributed by atoms with Crippen molar-refractivity contribution in [1.29, 1.82) is 0 Å². The Hall–Kier alpha value is -2.09. The Bertz CT molecular complexity index is 553. The minimum Gasteiger partial charge on any atom is -0.453 e. The summed E-state index contributed by atoms with van der Waals surface area (Å²) in [6.07, 6.45) is -0.267. The van der Waals surface area contributed by atoms with Crippen LogP contribution in [0.3, 0.4) is 0 Å². The van der Waals surface area contributed by atoms with E-state index < -0.39 is 0 Å². The van der Waals surface area contributed by atoms with Crippen LogP contribution in [0.5, 0.6) is 0 Å². The summed E-state index contributed by atoms with van der Waals surface area (Å²) in [7, 11) is 0. The lowest BCUT2D eigenvalue weighted by atomic mass is 9.84. The van der Waals surface area contributed by atoms with Gasteiger partial charge in [-0.25, -0.2) is 4.79 Å². The maximum Gasteiger partial charge on any atom is 0.338 e. The zero-order valence-electron chi connectivity index (χ0n) is 12.2. The first-order chi connectivity index (χ1) is 9.48. The molecule has 0 amide bonds. The topological polar surface area (TPSA) is 26.3 Å². The minimum absolute atomic E-state index is 0.161. The molecule has 0 fully saturated rings. The summed E-state index contributed by atoms with van der Waals surface area (Å²) in [6, 6.07) is 19.0. The first kappa shape index (κ1) is 14.3. The van der Waals surface area contributed by atoms with Gasteiger partial charge < -0.3 is 4.74 Å². The van der Waals surface area contributed by atoms with Gasteiger partial charge in [0.05, 0.1) is 5.56 Å². The van der Waals surface area contributed by atoms with Crippen LogP contribution in [0.15, 0.2) is 60.7 Å². The normalized spacial score (nSPS) is 12.8. The lowest BCUT2D eigenvalue weighted by molar-refractivity contribution is -0.00394. The van der Waals surface area contributed by atoms with Gasteiger partial charge in [-0.3, -0.25) is 0 Å². The van der Waals surface area contributed by atoms with Crippen molar-refractivity contribution in [3.63, 3.8) is 0 Å². The Morgan fingerprint density at radius 1 is 0.900 bits per heavy atom. The van der Waals surface area contributed by atoms with Gasteiger partial charge in [0.1, 0.15) is 6.10 Å². The number of ether oxygens (including phenoxy) is 1. The highest BCUT2D eigenvalue weighted by Gasteiger charge is 2.30. The fraction of sp³-hybridized carbons (Fsp3) is 0.278. The number of carbonyl (C=O) groups excluding carboxylic acids is 1. The van der Waals surface area contributed by atoms with Gasteiger partial charge in [-0.05, 0) is 17.7 Å². The molecule has 0 spiro atoms. The monoisotopic (exact) mass is 268 g/mol. The van der Waals surface area contributed by atoms with Crippen molar-refractivity contribution in [1.82, 2.24) is 0 Å². The molecule has 20 heavy (non-hydrogen) atoms. The Labute approximate surface area is 120 Å². The molecule has 0 saturated heterocycles. The molecule has 0 bridgehead atoms. The van der Waals surface area contributed by atoms with Crippen LogP contribution in [-0.4, -0.2) is 5.97 Å². The van der Waals surface area contributed by atoms with E-state index in [9.17, 15) is 4.79 Å². The molecule has 104 valence electrons. The third kappa shape index (κ3) is 3.47. The SMILES string of the molecule is CC(C)(C)[C@@H](OC(=O)c1ccccc1)c1ccccc1. The predicted molar refractivity (Wildman–Crippen MR) is 80.5 cm³/mol. The number of hydrogen-bond acceptors (Lipinski definition) is 2. The number of carbonyl (C=O) groups is 1. The Morgan fingerprint density at radius 2 is 1.40 bits per heavy atom. The van der Waals surface area contributed by atoms with Crippen LogP contribution in [-0.2, 0) is 4.74 Å². The number of rotatable bonds is 3. The average molecular weight is 268 g/mol. The highest BCUT2D eigenvalue weighted by atomic mass is 16.5. The van der Waals surface area contributed by atoms with Crippen molar-refractivity contribution in [2.24, 2.45) is 5.41 Å². The minimum atomic E-state index is -0.283. The predicted octanol–water partition coefficient (Wildman–Crippen LogP) is 4.63. The largest absolute Gasteiger partial charge is 0.453 e. The highest BCUT2D eigenvalue weighted by Crippen LogP contribution is 2.36. The molecule has 2 aromatic carbocycles. The van der Waals surface area contributed by atoms with Crippen molar-refractivity contribution >= 4 is 5.97 Å². The van der Waals surface area contributed by atoms with E-state index in [1.54, 1.807) is 12.1 Å². The molecule has 0 N–H and O–H groups in total. The molecule has 0 aliphatic rings. The van der Waals surface area contributed by atoms with Gasteiger partial charge in [0.25, 0.3) is 0 Å². The molecular formula is C18H20O2. The Morgan fingerprint density at radius 3 is 1.90 bits per heavy atom. The first-order valence-corrected chi connectivity index (χ1v) is 6.79. The molecule has 0 aliphatic heterocycles. The van der Waals surface area contributed by atoms with Crippen molar-refractivity contribution < 1.29 is 9.53 Å². The molecule has 2 nitrogen and oxygen atoms in total. The third-order valence-corrected chi connectivity index (χ3v) is 3.12. The van der Waals surface area contributed by atoms with E-state index in [0.717, 1.165) is 5.56 Å². The van der Waals surface area contributed by atoms with Gasteiger partial charge in [0.2, 0.25) is 0 Å². The lowest BCUT2D eigenvalue weighted by Crippen LogP contribution is -2.24. The Balaban J connectivity index is 2.24. The van der Waals surface area contributed by atoms with Crippen LogP contribution >= 0.6 is 0 Å². The molecule has 2 rings (SSSR count). The summed E-state index contributed by atoms with van der Waals surface area (Å²) in [5.41, 5.74) is 1.44. The van der Waals surface area contributed by atoms with Crippen LogP contribution in [0.25, 0.3) is 0 Å². The van der Waals surface area contributed by atoms with Crippen molar-refractivity contribution in [3.8, 4) is 0 Å². The van der Waals surface area contributed by atoms with Crippen LogP contribution < -0.4 is 0 Å². The van der Waals surface area contributed by atoms with E-state index in [0.29, 0.717) is 5.56 Å². The van der Waals surface area contributed by atoms with Crippen LogP contribution in [0, 0.1) is 5.41 Å². The van der Waals surface area contributed by atoms with E-state index >= 15 is 0 Å². The summed E-state index contributed by atoms with van der Waals surface area (Å²) >= 11 is 0. The molecule has 0 radical (unpaired) electrons. The maximum absolute atomic E-state index is 12.3. The van der Waals surface area contributed by atoms with Gasteiger partial charge in [-0.2, -0.15) is 0 Å². The summed E-state index contributed by atoms with van der Waals surface area (Å²) < 4.78 is 5.75. The smallest absolute Gasteiger partial charge is 0.338 e. The third-order valence-electron chi connectivity index (χ3n) is 3.12. The fourth-order valence-corrected chi connectivity index (χ4v) is 2.12.